The number of aliphatic hydroxyl groups excluding tert-OH is 1. The van der Waals surface area contributed by atoms with Gasteiger partial charge in [-0.2, -0.15) is 5.10 Å². The summed E-state index contributed by atoms with van der Waals surface area (Å²) < 4.78 is 1.85. The van der Waals surface area contributed by atoms with Crippen molar-refractivity contribution in [3.8, 4) is 0 Å². The van der Waals surface area contributed by atoms with Crippen LogP contribution in [0.3, 0.4) is 0 Å². The largest absolute Gasteiger partial charge is 0.391 e. The summed E-state index contributed by atoms with van der Waals surface area (Å²) in [5.41, 5.74) is 1.85. The maximum atomic E-state index is 9.31. The van der Waals surface area contributed by atoms with Gasteiger partial charge in [-0.3, -0.25) is 4.68 Å². The molecule has 3 nitrogen and oxygen atoms in total. The molecule has 15 heavy (non-hydrogen) atoms. The van der Waals surface area contributed by atoms with Crippen LogP contribution in [0.1, 0.15) is 56.3 Å². The molecule has 0 spiro atoms. The van der Waals surface area contributed by atoms with Crippen LogP contribution in [0.5, 0.6) is 0 Å². The monoisotopic (exact) mass is 228 g/mol. The van der Waals surface area contributed by atoms with E-state index in [0.717, 1.165) is 17.7 Å². The predicted octanol–water partition coefficient (Wildman–Crippen LogP) is 2.88. The molecular formula is C11H17ClN2O. The number of hydrogen-bond donors (Lipinski definition) is 1. The van der Waals surface area contributed by atoms with Crippen molar-refractivity contribution in [2.45, 2.75) is 51.7 Å². The maximum absolute atomic E-state index is 9.31. The second-order valence-corrected chi connectivity index (χ2v) is 4.65. The summed E-state index contributed by atoms with van der Waals surface area (Å²) in [4.78, 5) is 0. The van der Waals surface area contributed by atoms with E-state index in [-0.39, 0.29) is 6.61 Å². The Bertz CT molecular complexity index is 358. The first-order valence-electron chi connectivity index (χ1n) is 5.56. The minimum absolute atomic E-state index is 0.00109. The highest BCUT2D eigenvalue weighted by Gasteiger charge is 2.31. The zero-order chi connectivity index (χ0) is 11.0. The molecule has 84 valence electrons. The number of rotatable bonds is 4. The van der Waals surface area contributed by atoms with Crippen LogP contribution < -0.4 is 0 Å². The molecule has 1 saturated carbocycles. The molecule has 1 N–H and O–H groups in total. The van der Waals surface area contributed by atoms with Crippen LogP contribution in [-0.4, -0.2) is 14.9 Å². The molecule has 0 radical (unpaired) electrons. The third-order valence-electron chi connectivity index (χ3n) is 3.11. The van der Waals surface area contributed by atoms with E-state index in [1.165, 1.54) is 12.8 Å². The van der Waals surface area contributed by atoms with Crippen molar-refractivity contribution in [2.24, 2.45) is 0 Å². The van der Waals surface area contributed by atoms with Gasteiger partial charge in [0.1, 0.15) is 5.15 Å². The summed E-state index contributed by atoms with van der Waals surface area (Å²) in [7, 11) is 0. The van der Waals surface area contributed by atoms with Crippen LogP contribution in [0, 0.1) is 0 Å². The lowest BCUT2D eigenvalue weighted by Crippen LogP contribution is -2.06. The van der Waals surface area contributed by atoms with Crippen molar-refractivity contribution in [1.82, 2.24) is 9.78 Å². The van der Waals surface area contributed by atoms with E-state index >= 15 is 0 Å². The zero-order valence-electron chi connectivity index (χ0n) is 9.20. The molecule has 0 amide bonds. The Morgan fingerprint density at radius 2 is 2.27 bits per heavy atom. The molecular weight excluding hydrogens is 212 g/mol. The van der Waals surface area contributed by atoms with Crippen molar-refractivity contribution >= 4 is 11.6 Å². The lowest BCUT2D eigenvalue weighted by molar-refractivity contribution is 0.280. The molecule has 1 unspecified atom stereocenters. The third kappa shape index (κ3) is 1.91. The van der Waals surface area contributed by atoms with Gasteiger partial charge in [-0.1, -0.05) is 18.5 Å². The molecule has 1 aliphatic rings. The van der Waals surface area contributed by atoms with Crippen LogP contribution in [0.2, 0.25) is 5.15 Å². The fraction of sp³-hybridized carbons (Fsp3) is 0.727. The molecule has 1 aliphatic carbocycles. The topological polar surface area (TPSA) is 38.0 Å². The van der Waals surface area contributed by atoms with E-state index < -0.39 is 0 Å². The molecule has 0 bridgehead atoms. The van der Waals surface area contributed by atoms with Crippen LogP contribution in [-0.2, 0) is 6.61 Å². The highest BCUT2D eigenvalue weighted by Crippen LogP contribution is 2.43. The standard InChI is InChI=1S/C11H17ClN2O/c1-3-7(2)14-11(12)9(6-15)10(13-14)8-4-5-8/h7-8,15H,3-6H2,1-2H3. The van der Waals surface area contributed by atoms with E-state index in [4.69, 9.17) is 11.6 Å². The van der Waals surface area contributed by atoms with Crippen molar-refractivity contribution in [3.63, 3.8) is 0 Å². The smallest absolute Gasteiger partial charge is 0.133 e. The second-order valence-electron chi connectivity index (χ2n) is 4.29. The minimum Gasteiger partial charge on any atom is -0.391 e. The number of aromatic nitrogens is 2. The van der Waals surface area contributed by atoms with Gasteiger partial charge in [0, 0.05) is 11.5 Å². The van der Waals surface area contributed by atoms with E-state index in [9.17, 15) is 5.11 Å². The molecule has 1 fully saturated rings. The van der Waals surface area contributed by atoms with E-state index in [2.05, 4.69) is 18.9 Å². The Hall–Kier alpha value is -0.540. The quantitative estimate of drug-likeness (QED) is 0.861. The van der Waals surface area contributed by atoms with Gasteiger partial charge >= 0.3 is 0 Å². The lowest BCUT2D eigenvalue weighted by atomic mass is 10.2. The number of nitrogens with zero attached hydrogens (tertiary/aromatic N) is 2. The molecule has 1 aromatic rings. The zero-order valence-corrected chi connectivity index (χ0v) is 9.96. The Kier molecular flexibility index (Phi) is 3.03. The van der Waals surface area contributed by atoms with Crippen LogP contribution in [0.25, 0.3) is 0 Å². The molecule has 4 heteroatoms. The Morgan fingerprint density at radius 3 is 2.73 bits per heavy atom. The highest BCUT2D eigenvalue weighted by molar-refractivity contribution is 6.30. The summed E-state index contributed by atoms with van der Waals surface area (Å²) in [6, 6.07) is 0.301. The summed E-state index contributed by atoms with van der Waals surface area (Å²) in [5, 5.41) is 14.5. The van der Waals surface area contributed by atoms with Crippen LogP contribution >= 0.6 is 11.6 Å². The van der Waals surface area contributed by atoms with Gasteiger partial charge in [-0.05, 0) is 26.2 Å². The third-order valence-corrected chi connectivity index (χ3v) is 3.51. The fourth-order valence-electron chi connectivity index (χ4n) is 1.76. The maximum Gasteiger partial charge on any atom is 0.133 e. The summed E-state index contributed by atoms with van der Waals surface area (Å²) in [5.74, 6) is 0.537. The van der Waals surface area contributed by atoms with Gasteiger partial charge < -0.3 is 5.11 Å². The Labute approximate surface area is 95.0 Å². The average molecular weight is 229 g/mol. The minimum atomic E-state index is 0.00109. The highest BCUT2D eigenvalue weighted by atomic mass is 35.5. The first kappa shape index (κ1) is 11.0. The number of halogens is 1. The normalized spacial score (nSPS) is 18.1. The van der Waals surface area contributed by atoms with Gasteiger partial charge in [0.15, 0.2) is 0 Å². The molecule has 2 rings (SSSR count). The lowest BCUT2D eigenvalue weighted by Gasteiger charge is -2.10. The molecule has 0 aliphatic heterocycles. The SMILES string of the molecule is CCC(C)n1nc(C2CC2)c(CO)c1Cl. The number of hydrogen-bond acceptors (Lipinski definition) is 2. The first-order chi connectivity index (χ1) is 7.19. The first-order valence-corrected chi connectivity index (χ1v) is 5.94. The second kappa shape index (κ2) is 4.14. The molecule has 1 atom stereocenters. The average Bonchev–Trinajstić information content (AvgIpc) is 3.02. The van der Waals surface area contributed by atoms with Crippen LogP contribution in [0.4, 0.5) is 0 Å². The summed E-state index contributed by atoms with van der Waals surface area (Å²) in [6.45, 7) is 4.20. The van der Waals surface area contributed by atoms with E-state index in [0.29, 0.717) is 17.1 Å². The summed E-state index contributed by atoms with van der Waals surface area (Å²) in [6.07, 6.45) is 3.36. The summed E-state index contributed by atoms with van der Waals surface area (Å²) >= 11 is 6.22. The van der Waals surface area contributed by atoms with Crippen molar-refractivity contribution < 1.29 is 5.11 Å². The van der Waals surface area contributed by atoms with Crippen molar-refractivity contribution in [1.29, 1.82) is 0 Å². The van der Waals surface area contributed by atoms with Crippen molar-refractivity contribution in [2.75, 3.05) is 0 Å². The van der Waals surface area contributed by atoms with Crippen LogP contribution in [0.15, 0.2) is 0 Å². The molecule has 0 aromatic carbocycles. The Morgan fingerprint density at radius 1 is 1.60 bits per heavy atom. The van der Waals surface area contributed by atoms with E-state index in [1.807, 2.05) is 4.68 Å². The van der Waals surface area contributed by atoms with Gasteiger partial charge in [0.25, 0.3) is 0 Å². The molecule has 0 saturated heterocycles. The van der Waals surface area contributed by atoms with E-state index in [1.54, 1.807) is 0 Å². The van der Waals surface area contributed by atoms with Gasteiger partial charge in [0.05, 0.1) is 18.3 Å². The number of aliphatic hydroxyl groups is 1. The molecule has 1 heterocycles. The van der Waals surface area contributed by atoms with Crippen molar-refractivity contribution in [3.05, 3.63) is 16.4 Å². The van der Waals surface area contributed by atoms with Gasteiger partial charge in [-0.15, -0.1) is 0 Å². The predicted molar refractivity (Wildman–Crippen MR) is 60.1 cm³/mol. The van der Waals surface area contributed by atoms with Gasteiger partial charge in [0.2, 0.25) is 0 Å². The Balaban J connectivity index is 2.39. The fourth-order valence-corrected chi connectivity index (χ4v) is 2.12. The van der Waals surface area contributed by atoms with Gasteiger partial charge in [-0.25, -0.2) is 0 Å². The molecule has 1 aromatic heterocycles.